The highest BCUT2D eigenvalue weighted by Gasteiger charge is 2.21. The highest BCUT2D eigenvalue weighted by Crippen LogP contribution is 2.37. The molecule has 152 valence electrons. The number of carbonyl (C=O) groups is 2. The maximum absolute atomic E-state index is 12.5. The summed E-state index contributed by atoms with van der Waals surface area (Å²) in [6.45, 7) is 3.60. The molecule has 0 aliphatic heterocycles. The lowest BCUT2D eigenvalue weighted by atomic mass is 10.0. The number of nitrogens with zero attached hydrogens (tertiary/aromatic N) is 1. The first-order chi connectivity index (χ1) is 13.2. The number of phosphoric ester groups is 1. The third-order valence-corrected chi connectivity index (χ3v) is 5.00. The predicted molar refractivity (Wildman–Crippen MR) is 104 cm³/mol. The molecule has 2 amide bonds. The van der Waals surface area contributed by atoms with Crippen molar-refractivity contribution in [1.82, 2.24) is 15.6 Å². The first kappa shape index (κ1) is 22.0. The zero-order valence-corrected chi connectivity index (χ0v) is 17.1. The van der Waals surface area contributed by atoms with Gasteiger partial charge in [-0.15, -0.1) is 11.3 Å². The summed E-state index contributed by atoms with van der Waals surface area (Å²) in [6, 6.07) is 5.12. The number of thiazole rings is 1. The number of hydrogen-bond donors (Lipinski definition) is 4. The molecule has 0 bridgehead atoms. The zero-order valence-electron chi connectivity index (χ0n) is 15.4. The van der Waals surface area contributed by atoms with Crippen molar-refractivity contribution in [3.63, 3.8) is 0 Å². The highest BCUT2D eigenvalue weighted by atomic mass is 32.1. The molecule has 0 radical (unpaired) electrons. The Morgan fingerprint density at radius 2 is 1.96 bits per heavy atom. The van der Waals surface area contributed by atoms with E-state index in [-0.39, 0.29) is 30.5 Å². The average molecular weight is 427 g/mol. The molecule has 2 aromatic rings. The van der Waals surface area contributed by atoms with Crippen LogP contribution in [0.4, 0.5) is 0 Å². The van der Waals surface area contributed by atoms with Gasteiger partial charge in [0.05, 0.1) is 12.2 Å². The Morgan fingerprint density at radius 3 is 2.50 bits per heavy atom. The van der Waals surface area contributed by atoms with E-state index in [1.165, 1.54) is 30.4 Å². The minimum Gasteiger partial charge on any atom is -0.404 e. The van der Waals surface area contributed by atoms with Gasteiger partial charge in [0.25, 0.3) is 0 Å². The summed E-state index contributed by atoms with van der Waals surface area (Å²) in [5, 5.41) is 8.10. The normalized spacial score (nSPS) is 12.3. The fourth-order valence-electron chi connectivity index (χ4n) is 2.39. The second-order valence-electron chi connectivity index (χ2n) is 5.99. The lowest BCUT2D eigenvalue weighted by Gasteiger charge is -2.17. The standard InChI is InChI=1S/C17H22N3O6PS/c1-3-13-10-28-16(20-13)9-18-17(22)15(19-11(2)21)8-12-4-6-14(7-5-12)26-27(23,24)25/h4-7,10,15H,3,8-9H2,1-2H3,(H,18,22)(H,19,21)(H2,23,24,25). The van der Waals surface area contributed by atoms with Crippen molar-refractivity contribution < 1.29 is 28.5 Å². The van der Waals surface area contributed by atoms with Crippen molar-refractivity contribution in [1.29, 1.82) is 0 Å². The summed E-state index contributed by atoms with van der Waals surface area (Å²) in [6.07, 6.45) is 1.03. The van der Waals surface area contributed by atoms with Crippen LogP contribution >= 0.6 is 19.2 Å². The molecule has 0 aliphatic rings. The Morgan fingerprint density at radius 1 is 1.29 bits per heavy atom. The van der Waals surface area contributed by atoms with Crippen LogP contribution in [0.25, 0.3) is 0 Å². The Kier molecular flexibility index (Phi) is 7.70. The molecular formula is C17H22N3O6PS. The van der Waals surface area contributed by atoms with Gasteiger partial charge in [0.15, 0.2) is 0 Å². The molecule has 11 heteroatoms. The number of amides is 2. The lowest BCUT2D eigenvalue weighted by molar-refractivity contribution is -0.128. The third-order valence-electron chi connectivity index (χ3n) is 3.66. The number of aromatic nitrogens is 1. The second-order valence-corrected chi connectivity index (χ2v) is 8.09. The Balaban J connectivity index is 2.00. The van der Waals surface area contributed by atoms with Crippen molar-refractivity contribution in [3.05, 3.63) is 45.9 Å². The first-order valence-corrected chi connectivity index (χ1v) is 10.9. The van der Waals surface area contributed by atoms with E-state index in [4.69, 9.17) is 9.79 Å². The van der Waals surface area contributed by atoms with Gasteiger partial charge >= 0.3 is 7.82 Å². The number of nitrogens with one attached hydrogen (secondary N) is 2. The van der Waals surface area contributed by atoms with Gasteiger partial charge in [0.2, 0.25) is 11.8 Å². The second kappa shape index (κ2) is 9.79. The molecule has 9 nitrogen and oxygen atoms in total. The molecule has 2 rings (SSSR count). The van der Waals surface area contributed by atoms with Crippen LogP contribution in [0.3, 0.4) is 0 Å². The molecule has 1 heterocycles. The van der Waals surface area contributed by atoms with Crippen LogP contribution in [0, 0.1) is 0 Å². The number of carbonyl (C=O) groups excluding carboxylic acids is 2. The maximum atomic E-state index is 12.5. The van der Waals surface area contributed by atoms with Gasteiger partial charge in [-0.05, 0) is 24.1 Å². The summed E-state index contributed by atoms with van der Waals surface area (Å²) in [7, 11) is -4.63. The summed E-state index contributed by atoms with van der Waals surface area (Å²) >= 11 is 1.46. The molecular weight excluding hydrogens is 405 g/mol. The van der Waals surface area contributed by atoms with Crippen LogP contribution in [-0.4, -0.2) is 32.6 Å². The highest BCUT2D eigenvalue weighted by molar-refractivity contribution is 7.46. The first-order valence-electron chi connectivity index (χ1n) is 8.48. The van der Waals surface area contributed by atoms with Crippen molar-refractivity contribution in [3.8, 4) is 5.75 Å². The lowest BCUT2D eigenvalue weighted by Crippen LogP contribution is -2.47. The number of phosphoric acid groups is 1. The van der Waals surface area contributed by atoms with Crippen LogP contribution < -0.4 is 15.2 Å². The van der Waals surface area contributed by atoms with Crippen LogP contribution in [0.15, 0.2) is 29.6 Å². The van der Waals surface area contributed by atoms with E-state index in [1.807, 2.05) is 12.3 Å². The minimum absolute atomic E-state index is 0.00751. The summed E-state index contributed by atoms with van der Waals surface area (Å²) < 4.78 is 15.3. The SMILES string of the molecule is CCc1csc(CNC(=O)C(Cc2ccc(OP(=O)(O)O)cc2)NC(C)=O)n1. The molecule has 1 aromatic heterocycles. The minimum atomic E-state index is -4.63. The molecule has 0 saturated carbocycles. The van der Waals surface area contributed by atoms with Gasteiger partial charge in [0, 0.05) is 18.7 Å². The van der Waals surface area contributed by atoms with Crippen molar-refractivity contribution in [2.75, 3.05) is 0 Å². The predicted octanol–water partition coefficient (Wildman–Crippen LogP) is 1.54. The number of hydrogen-bond acceptors (Lipinski definition) is 6. The van der Waals surface area contributed by atoms with Crippen LogP contribution in [0.5, 0.6) is 5.75 Å². The van der Waals surface area contributed by atoms with E-state index < -0.39 is 13.9 Å². The number of benzene rings is 1. The van der Waals surface area contributed by atoms with Gasteiger partial charge in [-0.25, -0.2) is 9.55 Å². The molecule has 1 aromatic carbocycles. The Hall–Kier alpha value is -2.26. The van der Waals surface area contributed by atoms with Crippen LogP contribution in [0.1, 0.15) is 30.1 Å². The molecule has 0 spiro atoms. The molecule has 0 fully saturated rings. The molecule has 28 heavy (non-hydrogen) atoms. The van der Waals surface area contributed by atoms with Gasteiger partial charge in [0.1, 0.15) is 16.8 Å². The smallest absolute Gasteiger partial charge is 0.404 e. The molecule has 1 atom stereocenters. The van der Waals surface area contributed by atoms with E-state index in [0.717, 1.165) is 17.1 Å². The Bertz CT molecular complexity index is 864. The van der Waals surface area contributed by atoms with Gasteiger partial charge < -0.3 is 15.2 Å². The van der Waals surface area contributed by atoms with E-state index in [1.54, 1.807) is 12.1 Å². The maximum Gasteiger partial charge on any atom is 0.524 e. The van der Waals surface area contributed by atoms with E-state index >= 15 is 0 Å². The molecule has 0 saturated heterocycles. The fraction of sp³-hybridized carbons (Fsp3) is 0.353. The van der Waals surface area contributed by atoms with Crippen molar-refractivity contribution >= 4 is 31.0 Å². The molecule has 0 aliphatic carbocycles. The zero-order chi connectivity index (χ0) is 20.7. The number of aryl methyl sites for hydroxylation is 1. The molecule has 1 unspecified atom stereocenters. The van der Waals surface area contributed by atoms with Crippen molar-refractivity contribution in [2.45, 2.75) is 39.3 Å². The summed E-state index contributed by atoms with van der Waals surface area (Å²) in [5.41, 5.74) is 1.65. The molecule has 4 N–H and O–H groups in total. The summed E-state index contributed by atoms with van der Waals surface area (Å²) in [4.78, 5) is 46.0. The largest absolute Gasteiger partial charge is 0.524 e. The van der Waals surface area contributed by atoms with E-state index in [9.17, 15) is 14.2 Å². The average Bonchev–Trinajstić information content (AvgIpc) is 3.07. The third kappa shape index (κ3) is 7.40. The van der Waals surface area contributed by atoms with Gasteiger partial charge in [-0.2, -0.15) is 0 Å². The van der Waals surface area contributed by atoms with Gasteiger partial charge in [-0.1, -0.05) is 19.1 Å². The Labute approximate surface area is 166 Å². The van der Waals surface area contributed by atoms with Crippen LogP contribution in [-0.2, 0) is 33.5 Å². The number of rotatable bonds is 9. The topological polar surface area (TPSA) is 138 Å². The van der Waals surface area contributed by atoms with Gasteiger partial charge in [-0.3, -0.25) is 19.4 Å². The van der Waals surface area contributed by atoms with Crippen molar-refractivity contribution in [2.24, 2.45) is 0 Å². The quantitative estimate of drug-likeness (QED) is 0.445. The van der Waals surface area contributed by atoms with Crippen LogP contribution in [0.2, 0.25) is 0 Å². The van der Waals surface area contributed by atoms with E-state index in [2.05, 4.69) is 20.1 Å². The van der Waals surface area contributed by atoms with E-state index in [0.29, 0.717) is 5.56 Å². The monoisotopic (exact) mass is 427 g/mol. The fourth-order valence-corrected chi connectivity index (χ4v) is 3.61. The summed E-state index contributed by atoms with van der Waals surface area (Å²) in [5.74, 6) is -0.684.